The summed E-state index contributed by atoms with van der Waals surface area (Å²) in [6.45, 7) is 1.57. The Kier molecular flexibility index (Phi) is 8.65. The predicted octanol–water partition coefficient (Wildman–Crippen LogP) is 4.93. The van der Waals surface area contributed by atoms with Crippen LogP contribution in [-0.4, -0.2) is 35.2 Å². The molecule has 0 spiro atoms. The van der Waals surface area contributed by atoms with Crippen LogP contribution in [0.3, 0.4) is 0 Å². The first-order valence-electron chi connectivity index (χ1n) is 9.36. The SMILES string of the molecule is FC(F)(F)c1cc([C@@H]2CCNC[C@H]2c2ccccc2)ccc1Cl.O=C(O)/C=C\C(=O)O. The largest absolute Gasteiger partial charge is 0.478 e. The highest BCUT2D eigenvalue weighted by Crippen LogP contribution is 2.41. The van der Waals surface area contributed by atoms with Crippen molar-refractivity contribution >= 4 is 23.5 Å². The highest BCUT2D eigenvalue weighted by molar-refractivity contribution is 6.31. The molecule has 0 radical (unpaired) electrons. The zero-order valence-electron chi connectivity index (χ0n) is 16.3. The average molecular weight is 456 g/mol. The molecule has 1 saturated heterocycles. The Hall–Kier alpha value is -2.84. The van der Waals surface area contributed by atoms with Crippen molar-refractivity contribution in [2.24, 2.45) is 0 Å². The first kappa shape index (κ1) is 24.4. The van der Waals surface area contributed by atoms with Gasteiger partial charge in [-0.15, -0.1) is 0 Å². The predicted molar refractivity (Wildman–Crippen MR) is 110 cm³/mol. The van der Waals surface area contributed by atoms with Crippen molar-refractivity contribution in [1.82, 2.24) is 5.32 Å². The molecular formula is C22H21ClF3NO4. The number of carboxylic acids is 2. The van der Waals surface area contributed by atoms with Gasteiger partial charge in [0.1, 0.15) is 0 Å². The van der Waals surface area contributed by atoms with Gasteiger partial charge in [-0.3, -0.25) is 0 Å². The summed E-state index contributed by atoms with van der Waals surface area (Å²) in [5.41, 5.74) is 1.10. The quantitative estimate of drug-likeness (QED) is 0.569. The third kappa shape index (κ3) is 7.41. The van der Waals surface area contributed by atoms with E-state index in [0.29, 0.717) is 17.7 Å². The molecule has 0 aliphatic carbocycles. The Balaban J connectivity index is 0.000000366. The number of piperidine rings is 1. The van der Waals surface area contributed by atoms with E-state index in [1.807, 2.05) is 30.3 Å². The van der Waals surface area contributed by atoms with Gasteiger partial charge in [0.05, 0.1) is 10.6 Å². The molecule has 1 aliphatic rings. The van der Waals surface area contributed by atoms with Crippen molar-refractivity contribution in [2.75, 3.05) is 13.1 Å². The Morgan fingerprint density at radius 1 is 0.968 bits per heavy atom. The lowest BCUT2D eigenvalue weighted by atomic mass is 9.77. The van der Waals surface area contributed by atoms with Crippen LogP contribution >= 0.6 is 11.6 Å². The Morgan fingerprint density at radius 2 is 1.58 bits per heavy atom. The lowest BCUT2D eigenvalue weighted by Gasteiger charge is -2.33. The Bertz CT molecular complexity index is 916. The number of alkyl halides is 3. The molecule has 0 amide bonds. The number of carbonyl (C=O) groups is 2. The molecular weight excluding hydrogens is 435 g/mol. The first-order valence-corrected chi connectivity index (χ1v) is 9.73. The van der Waals surface area contributed by atoms with Crippen molar-refractivity contribution < 1.29 is 33.0 Å². The molecule has 2 atom stereocenters. The molecule has 0 aromatic heterocycles. The molecule has 1 heterocycles. The van der Waals surface area contributed by atoms with Crippen molar-refractivity contribution in [3.8, 4) is 0 Å². The second-order valence-electron chi connectivity index (χ2n) is 6.86. The van der Waals surface area contributed by atoms with E-state index in [9.17, 15) is 22.8 Å². The zero-order chi connectivity index (χ0) is 23.0. The van der Waals surface area contributed by atoms with E-state index in [1.54, 1.807) is 6.07 Å². The zero-order valence-corrected chi connectivity index (χ0v) is 17.0. The van der Waals surface area contributed by atoms with Crippen LogP contribution in [0, 0.1) is 0 Å². The summed E-state index contributed by atoms with van der Waals surface area (Å²) in [5, 5.41) is 18.7. The van der Waals surface area contributed by atoms with Crippen LogP contribution in [-0.2, 0) is 15.8 Å². The topological polar surface area (TPSA) is 86.6 Å². The molecule has 2 aromatic rings. The van der Waals surface area contributed by atoms with Crippen molar-refractivity contribution in [3.63, 3.8) is 0 Å². The summed E-state index contributed by atoms with van der Waals surface area (Å²) < 4.78 is 39.4. The smallest absolute Gasteiger partial charge is 0.417 e. The second kappa shape index (κ2) is 11.0. The fourth-order valence-electron chi connectivity index (χ4n) is 3.44. The van der Waals surface area contributed by atoms with Gasteiger partial charge >= 0.3 is 18.1 Å². The standard InChI is InChI=1S/C18H17ClF3N.C4H4O4/c19-17-7-6-13(10-16(17)18(20,21)22)14-8-9-23-11-15(14)12-4-2-1-3-5-12;5-3(6)1-2-4(7)8/h1-7,10,14-15,23H,8-9,11H2;1-2H,(H,5,6)(H,7,8)/b;2-1-/t14-,15-;/m0./s1. The number of rotatable bonds is 4. The minimum Gasteiger partial charge on any atom is -0.478 e. The lowest BCUT2D eigenvalue weighted by molar-refractivity contribution is -0.137. The third-order valence-corrected chi connectivity index (χ3v) is 5.13. The third-order valence-electron chi connectivity index (χ3n) is 4.80. The van der Waals surface area contributed by atoms with E-state index in [2.05, 4.69) is 5.32 Å². The van der Waals surface area contributed by atoms with E-state index in [0.717, 1.165) is 25.1 Å². The average Bonchev–Trinajstić information content (AvgIpc) is 2.73. The molecule has 1 aliphatic heterocycles. The summed E-state index contributed by atoms with van der Waals surface area (Å²) in [6.07, 6.45) is -2.51. The Labute approximate surface area is 182 Å². The van der Waals surface area contributed by atoms with Crippen LogP contribution in [0.15, 0.2) is 60.7 Å². The maximum Gasteiger partial charge on any atom is 0.417 e. The Morgan fingerprint density at radius 3 is 2.13 bits per heavy atom. The number of hydrogen-bond donors (Lipinski definition) is 3. The van der Waals surface area contributed by atoms with Crippen molar-refractivity contribution in [2.45, 2.75) is 24.4 Å². The molecule has 5 nitrogen and oxygen atoms in total. The lowest BCUT2D eigenvalue weighted by Crippen LogP contribution is -2.34. The molecule has 2 aromatic carbocycles. The highest BCUT2D eigenvalue weighted by Gasteiger charge is 2.35. The second-order valence-corrected chi connectivity index (χ2v) is 7.27. The van der Waals surface area contributed by atoms with Crippen LogP contribution in [0.5, 0.6) is 0 Å². The summed E-state index contributed by atoms with van der Waals surface area (Å²) >= 11 is 5.74. The fourth-order valence-corrected chi connectivity index (χ4v) is 3.67. The minimum absolute atomic E-state index is 0.0528. The van der Waals surface area contributed by atoms with Crippen LogP contribution in [0.1, 0.15) is 34.9 Å². The van der Waals surface area contributed by atoms with Gasteiger partial charge < -0.3 is 15.5 Å². The van der Waals surface area contributed by atoms with Crippen LogP contribution in [0.4, 0.5) is 13.2 Å². The van der Waals surface area contributed by atoms with E-state index in [-0.39, 0.29) is 16.9 Å². The number of benzene rings is 2. The van der Waals surface area contributed by atoms with E-state index in [1.165, 1.54) is 12.1 Å². The first-order chi connectivity index (χ1) is 14.6. The summed E-state index contributed by atoms with van der Waals surface area (Å²) in [6, 6.07) is 14.2. The fraction of sp³-hybridized carbons (Fsp3) is 0.273. The molecule has 31 heavy (non-hydrogen) atoms. The molecule has 3 rings (SSSR count). The van der Waals surface area contributed by atoms with Gasteiger partial charge in [0.2, 0.25) is 0 Å². The normalized spacial score (nSPS) is 18.8. The van der Waals surface area contributed by atoms with Gasteiger partial charge in [-0.2, -0.15) is 13.2 Å². The summed E-state index contributed by atoms with van der Waals surface area (Å²) in [5.74, 6) is -2.30. The van der Waals surface area contributed by atoms with E-state index in [4.69, 9.17) is 21.8 Å². The van der Waals surface area contributed by atoms with Gasteiger partial charge in [-0.25, -0.2) is 9.59 Å². The molecule has 9 heteroatoms. The summed E-state index contributed by atoms with van der Waals surface area (Å²) in [4.78, 5) is 19.1. The molecule has 3 N–H and O–H groups in total. The maximum atomic E-state index is 13.1. The van der Waals surface area contributed by atoms with Gasteiger partial charge in [-0.1, -0.05) is 48.0 Å². The van der Waals surface area contributed by atoms with Crippen LogP contribution in [0.25, 0.3) is 0 Å². The number of halogens is 4. The molecule has 1 fully saturated rings. The van der Waals surface area contributed by atoms with Crippen molar-refractivity contribution in [3.05, 3.63) is 82.4 Å². The highest BCUT2D eigenvalue weighted by atomic mass is 35.5. The number of hydrogen-bond acceptors (Lipinski definition) is 3. The van der Waals surface area contributed by atoms with Crippen LogP contribution in [0.2, 0.25) is 5.02 Å². The minimum atomic E-state index is -4.43. The molecule has 0 unspecified atom stereocenters. The van der Waals surface area contributed by atoms with E-state index < -0.39 is 23.7 Å². The maximum absolute atomic E-state index is 13.1. The molecule has 0 bridgehead atoms. The number of aliphatic carboxylic acids is 2. The van der Waals surface area contributed by atoms with Gasteiger partial charge in [0.15, 0.2) is 0 Å². The number of nitrogens with one attached hydrogen (secondary N) is 1. The summed E-state index contributed by atoms with van der Waals surface area (Å²) in [7, 11) is 0. The van der Waals surface area contributed by atoms with E-state index >= 15 is 0 Å². The van der Waals surface area contributed by atoms with Gasteiger partial charge in [0.25, 0.3) is 0 Å². The molecule has 166 valence electrons. The van der Waals surface area contributed by atoms with Crippen LogP contribution < -0.4 is 5.32 Å². The van der Waals surface area contributed by atoms with Gasteiger partial charge in [0, 0.05) is 24.6 Å². The monoisotopic (exact) mass is 455 g/mol. The van der Waals surface area contributed by atoms with Crippen molar-refractivity contribution in [1.29, 1.82) is 0 Å². The molecule has 0 saturated carbocycles. The number of carboxylic acid groups (broad SMARTS) is 2. The van der Waals surface area contributed by atoms with Gasteiger partial charge in [-0.05, 0) is 42.1 Å².